The van der Waals surface area contributed by atoms with Crippen LogP contribution in [0.5, 0.6) is 11.5 Å². The molecule has 1 aromatic rings. The second-order valence-corrected chi connectivity index (χ2v) is 12.1. The Morgan fingerprint density at radius 2 is 1.89 bits per heavy atom. The minimum absolute atomic E-state index is 0.0674. The normalized spacial score (nSPS) is 26.9. The van der Waals surface area contributed by atoms with Gasteiger partial charge in [-0.25, -0.2) is 4.79 Å². The Balaban J connectivity index is 1.70. The third kappa shape index (κ3) is 6.13. The number of rotatable bonds is 11. The summed E-state index contributed by atoms with van der Waals surface area (Å²) >= 11 is 0. The molecule has 2 heterocycles. The van der Waals surface area contributed by atoms with Gasteiger partial charge in [0.15, 0.2) is 23.7 Å². The molecule has 15 nitrogen and oxygen atoms in total. The highest BCUT2D eigenvalue weighted by atomic mass is 16.6. The van der Waals surface area contributed by atoms with Gasteiger partial charge in [-0.05, 0) is 65.4 Å². The van der Waals surface area contributed by atoms with Crippen LogP contribution in [0.15, 0.2) is 24.0 Å². The molecule has 1 aliphatic carbocycles. The number of phenolic OH excluding ortho intramolecular Hbond substituents is 1. The predicted octanol–water partition coefficient (Wildman–Crippen LogP) is 0.157. The number of likely N-dealkylation sites (N-methyl/N-ethyl adjacent to an activating group) is 1. The van der Waals surface area contributed by atoms with Gasteiger partial charge >= 0.3 is 23.9 Å². The van der Waals surface area contributed by atoms with Crippen LogP contribution in [0, 0.1) is 6.92 Å². The van der Waals surface area contributed by atoms with Crippen LogP contribution in [0.1, 0.15) is 57.6 Å². The number of hydrogen-bond acceptors (Lipinski definition) is 13. The molecule has 0 unspecified atom stereocenters. The number of aryl methyl sites for hydroxylation is 1. The molecule has 252 valence electrons. The summed E-state index contributed by atoms with van der Waals surface area (Å²) in [6, 6.07) is 1.30. The first-order chi connectivity index (χ1) is 21.5. The number of nitrogens with two attached hydrogens (primary N) is 1. The second-order valence-electron chi connectivity index (χ2n) is 12.1. The first kappa shape index (κ1) is 34.7. The summed E-state index contributed by atoms with van der Waals surface area (Å²) in [5.74, 6) is -4.53. The number of amides is 1. The summed E-state index contributed by atoms with van der Waals surface area (Å²) in [7, 11) is 1.89. The molecule has 1 saturated heterocycles. The molecule has 7 atom stereocenters. The highest BCUT2D eigenvalue weighted by Crippen LogP contribution is 2.63. The molecule has 2 aliphatic heterocycles. The molecule has 1 aromatic carbocycles. The summed E-state index contributed by atoms with van der Waals surface area (Å²) in [5.41, 5.74) is 4.32. The van der Waals surface area contributed by atoms with Crippen LogP contribution in [-0.4, -0.2) is 106 Å². The topological polar surface area (TPSA) is 224 Å². The third-order valence-electron chi connectivity index (χ3n) is 9.16. The van der Waals surface area contributed by atoms with E-state index in [0.29, 0.717) is 18.5 Å². The van der Waals surface area contributed by atoms with E-state index >= 15 is 0 Å². The lowest BCUT2D eigenvalue weighted by Gasteiger charge is -2.59. The molecule has 4 rings (SSSR count). The number of likely N-dealkylation sites (tertiary alicyclic amines) is 1. The van der Waals surface area contributed by atoms with Gasteiger partial charge in [0.1, 0.15) is 23.5 Å². The highest BCUT2D eigenvalue weighted by molar-refractivity contribution is 5.84. The first-order valence-electron chi connectivity index (χ1n) is 15.0. The number of carbonyl (C=O) groups is 5. The van der Waals surface area contributed by atoms with Gasteiger partial charge in [-0.3, -0.25) is 24.1 Å². The number of phenols is 1. The highest BCUT2D eigenvalue weighted by Gasteiger charge is 2.71. The van der Waals surface area contributed by atoms with Crippen molar-refractivity contribution in [3.63, 3.8) is 0 Å². The fourth-order valence-corrected chi connectivity index (χ4v) is 6.64. The van der Waals surface area contributed by atoms with Crippen LogP contribution in [0.2, 0.25) is 0 Å². The van der Waals surface area contributed by atoms with E-state index in [9.17, 15) is 34.2 Å². The number of fused-ring (bicyclic) bond motifs is 1. The summed E-state index contributed by atoms with van der Waals surface area (Å²) < 4.78 is 23.6. The number of hydrogen-bond donors (Lipinski definition) is 5. The number of esters is 3. The van der Waals surface area contributed by atoms with Crippen LogP contribution in [0.25, 0.3) is 0 Å². The van der Waals surface area contributed by atoms with Crippen molar-refractivity contribution in [2.75, 3.05) is 20.1 Å². The molecule has 6 N–H and O–H groups in total. The van der Waals surface area contributed by atoms with Gasteiger partial charge in [0.05, 0.1) is 18.3 Å². The number of carbonyl (C=O) groups excluding carboxylic acids is 4. The standard InChI is InChI=1S/C31H41N3O12/c1-15-6-7-20(36)25-24(15)30-11-13-34(5)18(4)31(30,46-22(37)9-12-33-27(39)16(2)35)10-8-21(26(30)45-25)44-29(42)17(3)43-23(38)14-19(32)28(40)41/h6-8,16-19,26,35-36H,9-14,32H2,1-5H3,(H,33,39)(H,40,41)/t16-,17-,18+,19-,26-,30-,31+/m0/s1. The SMILES string of the molecule is Cc1ccc(O)c2c1[C@]13CCN(C)[C@H](C)[C@]1(OC(=O)CCNC(=O)[C@H](C)O)CC=C(OC(=O)[C@H](C)OC(=O)C[C@H](N)C(=O)O)[C@@H]3O2. The van der Waals surface area contributed by atoms with Crippen molar-refractivity contribution in [2.24, 2.45) is 5.73 Å². The number of aromatic hydroxyl groups is 1. The van der Waals surface area contributed by atoms with Gasteiger partial charge in [0.2, 0.25) is 5.91 Å². The fraction of sp³-hybridized carbons (Fsp3) is 0.581. The molecule has 15 heteroatoms. The zero-order chi connectivity index (χ0) is 34.1. The number of aliphatic hydroxyl groups excluding tert-OH is 1. The van der Waals surface area contributed by atoms with E-state index in [-0.39, 0.29) is 36.6 Å². The maximum Gasteiger partial charge on any atom is 0.352 e. The minimum Gasteiger partial charge on any atom is -0.504 e. The minimum atomic E-state index is -1.50. The second kappa shape index (κ2) is 13.3. The van der Waals surface area contributed by atoms with E-state index in [0.717, 1.165) is 5.56 Å². The lowest BCUT2D eigenvalue weighted by molar-refractivity contribution is -0.201. The molecular formula is C31H41N3O12. The number of ether oxygens (including phenoxy) is 4. The zero-order valence-electron chi connectivity index (χ0n) is 26.4. The van der Waals surface area contributed by atoms with Crippen LogP contribution < -0.4 is 15.8 Å². The van der Waals surface area contributed by atoms with Crippen LogP contribution >= 0.6 is 0 Å². The number of carboxylic acid groups (broad SMARTS) is 1. The van der Waals surface area contributed by atoms with E-state index in [1.807, 2.05) is 25.8 Å². The fourth-order valence-electron chi connectivity index (χ4n) is 6.64. The number of nitrogens with one attached hydrogen (secondary N) is 1. The van der Waals surface area contributed by atoms with Gasteiger partial charge < -0.3 is 45.3 Å². The number of aliphatic hydroxyl groups is 1. The van der Waals surface area contributed by atoms with Crippen LogP contribution in [-0.2, 0) is 43.6 Å². The van der Waals surface area contributed by atoms with Gasteiger partial charge in [0, 0.05) is 24.6 Å². The Bertz CT molecular complexity index is 1440. The summed E-state index contributed by atoms with van der Waals surface area (Å²) in [5, 5.41) is 31.8. The van der Waals surface area contributed by atoms with Gasteiger partial charge in [-0.15, -0.1) is 0 Å². The smallest absolute Gasteiger partial charge is 0.352 e. The number of nitrogens with zero attached hydrogens (tertiary/aromatic N) is 1. The van der Waals surface area contributed by atoms with E-state index in [4.69, 9.17) is 29.8 Å². The summed E-state index contributed by atoms with van der Waals surface area (Å²) in [6.45, 7) is 6.78. The first-order valence-corrected chi connectivity index (χ1v) is 15.0. The van der Waals surface area contributed by atoms with Crippen molar-refractivity contribution in [1.29, 1.82) is 0 Å². The summed E-state index contributed by atoms with van der Waals surface area (Å²) in [4.78, 5) is 63.7. The Morgan fingerprint density at radius 1 is 1.20 bits per heavy atom. The molecule has 46 heavy (non-hydrogen) atoms. The van der Waals surface area contributed by atoms with Crippen molar-refractivity contribution in [3.8, 4) is 11.5 Å². The monoisotopic (exact) mass is 647 g/mol. The van der Waals surface area contributed by atoms with Gasteiger partial charge in [-0.1, -0.05) is 6.07 Å². The van der Waals surface area contributed by atoms with E-state index < -0.39 is 77.6 Å². The third-order valence-corrected chi connectivity index (χ3v) is 9.16. The molecule has 1 amide bonds. The Morgan fingerprint density at radius 3 is 2.54 bits per heavy atom. The average molecular weight is 648 g/mol. The Labute approximate surface area is 265 Å². The largest absolute Gasteiger partial charge is 0.504 e. The molecule has 0 aromatic heterocycles. The molecule has 1 spiro atoms. The number of carboxylic acids is 1. The number of piperidine rings is 1. The van der Waals surface area contributed by atoms with Crippen molar-refractivity contribution >= 4 is 29.8 Å². The van der Waals surface area contributed by atoms with Gasteiger partial charge in [-0.2, -0.15) is 0 Å². The van der Waals surface area contributed by atoms with Crippen molar-refractivity contribution in [1.82, 2.24) is 10.2 Å². The summed E-state index contributed by atoms with van der Waals surface area (Å²) in [6.07, 6.45) is -2.54. The van der Waals surface area contributed by atoms with Crippen molar-refractivity contribution in [2.45, 2.75) is 94.8 Å². The van der Waals surface area contributed by atoms with E-state index in [1.165, 1.54) is 19.9 Å². The predicted molar refractivity (Wildman–Crippen MR) is 158 cm³/mol. The van der Waals surface area contributed by atoms with Crippen LogP contribution in [0.3, 0.4) is 0 Å². The molecule has 1 fully saturated rings. The quantitative estimate of drug-likeness (QED) is 0.159. The van der Waals surface area contributed by atoms with Gasteiger partial charge in [0.25, 0.3) is 0 Å². The maximum atomic E-state index is 13.4. The van der Waals surface area contributed by atoms with E-state index in [2.05, 4.69) is 5.32 Å². The Kier molecular flexibility index (Phi) is 9.99. The number of aliphatic carboxylic acids is 1. The zero-order valence-corrected chi connectivity index (χ0v) is 26.4. The molecule has 3 aliphatic rings. The van der Waals surface area contributed by atoms with Crippen molar-refractivity contribution < 1.29 is 58.2 Å². The maximum absolute atomic E-state index is 13.4. The molecular weight excluding hydrogens is 606 g/mol. The Hall–Kier alpha value is -4.21. The molecule has 0 bridgehead atoms. The molecule has 0 radical (unpaired) electrons. The van der Waals surface area contributed by atoms with Crippen molar-refractivity contribution in [3.05, 3.63) is 35.1 Å². The van der Waals surface area contributed by atoms with E-state index in [1.54, 1.807) is 12.1 Å². The van der Waals surface area contributed by atoms with Crippen LogP contribution in [0.4, 0.5) is 0 Å². The molecule has 0 saturated carbocycles. The number of benzene rings is 1. The average Bonchev–Trinajstić information content (AvgIpc) is 3.35. The lowest BCUT2D eigenvalue weighted by atomic mass is 9.54. The lowest BCUT2D eigenvalue weighted by Crippen LogP contribution is -2.73.